The lowest BCUT2D eigenvalue weighted by Crippen LogP contribution is -2.23. The summed E-state index contributed by atoms with van der Waals surface area (Å²) in [7, 11) is 0. The fourth-order valence-corrected chi connectivity index (χ4v) is 4.57. The Morgan fingerprint density at radius 2 is 1.61 bits per heavy atom. The van der Waals surface area contributed by atoms with Crippen LogP contribution in [0.25, 0.3) is 11.1 Å². The Kier molecular flexibility index (Phi) is 15.9. The molecular formula is C36H50ClN3O. The van der Waals surface area contributed by atoms with E-state index in [1.165, 1.54) is 32.1 Å². The fourth-order valence-electron chi connectivity index (χ4n) is 4.31. The molecule has 3 aromatic rings. The van der Waals surface area contributed by atoms with Gasteiger partial charge in [-0.2, -0.15) is 0 Å². The molecule has 0 amide bonds. The second-order valence-corrected chi connectivity index (χ2v) is 10.9. The maximum absolute atomic E-state index is 6.50. The molecule has 0 radical (unpaired) electrons. The second kappa shape index (κ2) is 19.1. The first-order valence-electron chi connectivity index (χ1n) is 15.2. The molecule has 41 heavy (non-hydrogen) atoms. The summed E-state index contributed by atoms with van der Waals surface area (Å²) in [6.07, 6.45) is 9.77. The van der Waals surface area contributed by atoms with E-state index in [0.29, 0.717) is 18.2 Å². The highest BCUT2D eigenvalue weighted by molar-refractivity contribution is 6.33. The number of nitrogens with zero attached hydrogens (tertiary/aromatic N) is 2. The van der Waals surface area contributed by atoms with Crippen LogP contribution < -0.4 is 10.1 Å². The first kappa shape index (κ1) is 34.1. The third-order valence-electron chi connectivity index (χ3n) is 6.79. The smallest absolute Gasteiger partial charge is 0.129 e. The van der Waals surface area contributed by atoms with Crippen molar-refractivity contribution in [2.75, 3.05) is 18.5 Å². The number of nitrogens with one attached hydrogen (secondary N) is 1. The van der Waals surface area contributed by atoms with Crippen LogP contribution in [0, 0.1) is 19.8 Å². The fraction of sp³-hybridized carbons (Fsp3) is 0.444. The molecule has 0 saturated carbocycles. The van der Waals surface area contributed by atoms with Gasteiger partial charge in [0.05, 0.1) is 17.3 Å². The molecule has 0 spiro atoms. The molecule has 3 aromatic carbocycles. The van der Waals surface area contributed by atoms with Crippen molar-refractivity contribution < 1.29 is 4.74 Å². The first-order valence-corrected chi connectivity index (χ1v) is 15.6. The highest BCUT2D eigenvalue weighted by Gasteiger charge is 2.17. The number of ether oxygens (including phenoxy) is 1. The van der Waals surface area contributed by atoms with Crippen LogP contribution in [0.15, 0.2) is 70.6 Å². The van der Waals surface area contributed by atoms with E-state index in [2.05, 4.69) is 69.2 Å². The first-order chi connectivity index (χ1) is 19.9. The number of para-hydroxylation sites is 1. The van der Waals surface area contributed by atoms with E-state index in [9.17, 15) is 0 Å². The topological polar surface area (TPSA) is 46.0 Å². The Balaban J connectivity index is 0.000000745. The van der Waals surface area contributed by atoms with Crippen LogP contribution in [0.1, 0.15) is 84.3 Å². The van der Waals surface area contributed by atoms with Crippen LogP contribution in [0.2, 0.25) is 5.02 Å². The molecule has 0 aromatic heterocycles. The van der Waals surface area contributed by atoms with E-state index < -0.39 is 0 Å². The number of aryl methyl sites for hydroxylation is 2. The zero-order chi connectivity index (χ0) is 30.0. The second-order valence-electron chi connectivity index (χ2n) is 10.5. The molecule has 1 unspecified atom stereocenters. The Morgan fingerprint density at radius 3 is 2.22 bits per heavy atom. The molecule has 0 saturated heterocycles. The highest BCUT2D eigenvalue weighted by Crippen LogP contribution is 2.36. The van der Waals surface area contributed by atoms with E-state index in [-0.39, 0.29) is 5.92 Å². The van der Waals surface area contributed by atoms with E-state index in [1.807, 2.05) is 56.5 Å². The molecule has 5 heteroatoms. The standard InChI is InChI=1S/C29H34ClN3O.C7H16/c1-6-16-34-27-18-26(21(4)17-24(27)23-13-9-8-10-14-23)32-29(22(5)19-31-7-2)33-28-20(3)12-11-15-25(28)30;1-3-5-7-6-4-2/h7-15,17-18,22H,6,16,19H2,1-5H3,(H,32,33);3-7H2,1-2H3. The Hall–Kier alpha value is -3.11. The lowest BCUT2D eigenvalue weighted by Gasteiger charge is -2.20. The zero-order valence-corrected chi connectivity index (χ0v) is 27.0. The lowest BCUT2D eigenvalue weighted by molar-refractivity contribution is 0.319. The number of benzene rings is 3. The minimum absolute atomic E-state index is 0.0695. The average molecular weight is 576 g/mol. The molecule has 0 aliphatic rings. The number of anilines is 1. The number of hydrogen-bond donors (Lipinski definition) is 1. The summed E-state index contributed by atoms with van der Waals surface area (Å²) in [6.45, 7) is 16.1. The van der Waals surface area contributed by atoms with Crippen LogP contribution in [-0.4, -0.2) is 25.2 Å². The van der Waals surface area contributed by atoms with Crippen molar-refractivity contribution in [2.45, 2.75) is 87.0 Å². The van der Waals surface area contributed by atoms with Crippen LogP contribution in [-0.2, 0) is 0 Å². The number of amidine groups is 1. The molecule has 0 fully saturated rings. The summed E-state index contributed by atoms with van der Waals surface area (Å²) < 4.78 is 6.18. The molecule has 1 N–H and O–H groups in total. The average Bonchev–Trinajstić information content (AvgIpc) is 2.98. The largest absolute Gasteiger partial charge is 0.493 e. The van der Waals surface area contributed by atoms with Crippen LogP contribution in [0.5, 0.6) is 5.75 Å². The van der Waals surface area contributed by atoms with Gasteiger partial charge in [-0.05, 0) is 62.2 Å². The number of hydrogen-bond acceptors (Lipinski definition) is 3. The molecule has 0 bridgehead atoms. The quantitative estimate of drug-likeness (QED) is 0.125. The molecular weight excluding hydrogens is 526 g/mol. The molecule has 3 rings (SSSR count). The molecule has 0 aliphatic heterocycles. The SMILES string of the molecule is CC=NCC(C)C(=Nc1c(C)cccc1Cl)Nc1cc(OCCC)c(-c2ccccc2)cc1C.CCCCCCC. The minimum atomic E-state index is 0.0695. The summed E-state index contributed by atoms with van der Waals surface area (Å²) in [5.74, 6) is 1.74. The van der Waals surface area contributed by atoms with Gasteiger partial charge in [0.1, 0.15) is 11.6 Å². The maximum atomic E-state index is 6.50. The normalized spacial score (nSPS) is 12.1. The van der Waals surface area contributed by atoms with Crippen molar-refractivity contribution >= 4 is 35.0 Å². The van der Waals surface area contributed by atoms with E-state index in [0.717, 1.165) is 51.6 Å². The van der Waals surface area contributed by atoms with Gasteiger partial charge in [-0.3, -0.25) is 4.99 Å². The van der Waals surface area contributed by atoms with E-state index >= 15 is 0 Å². The summed E-state index contributed by atoms with van der Waals surface area (Å²) in [6, 6.07) is 20.4. The Morgan fingerprint density at radius 1 is 0.902 bits per heavy atom. The van der Waals surface area contributed by atoms with Crippen molar-refractivity contribution in [2.24, 2.45) is 15.9 Å². The van der Waals surface area contributed by atoms with Crippen molar-refractivity contribution in [1.29, 1.82) is 0 Å². The van der Waals surface area contributed by atoms with Gasteiger partial charge in [-0.1, -0.05) is 114 Å². The summed E-state index contributed by atoms with van der Waals surface area (Å²) in [5, 5.41) is 4.22. The number of aliphatic imine (C=N–C) groups is 2. The Bertz CT molecular complexity index is 1210. The van der Waals surface area contributed by atoms with Crippen LogP contribution in [0.4, 0.5) is 11.4 Å². The van der Waals surface area contributed by atoms with Crippen molar-refractivity contribution in [3.63, 3.8) is 0 Å². The van der Waals surface area contributed by atoms with Gasteiger partial charge in [0.15, 0.2) is 0 Å². The van der Waals surface area contributed by atoms with Gasteiger partial charge in [0, 0.05) is 29.8 Å². The molecule has 0 heterocycles. The van der Waals surface area contributed by atoms with Crippen LogP contribution >= 0.6 is 11.6 Å². The summed E-state index contributed by atoms with van der Waals surface area (Å²) >= 11 is 6.50. The third kappa shape index (κ3) is 11.4. The van der Waals surface area contributed by atoms with Crippen molar-refractivity contribution in [1.82, 2.24) is 0 Å². The van der Waals surface area contributed by atoms with Gasteiger partial charge in [0.25, 0.3) is 0 Å². The number of unbranched alkanes of at least 4 members (excludes halogenated alkanes) is 4. The number of rotatable bonds is 13. The molecule has 222 valence electrons. The van der Waals surface area contributed by atoms with Crippen molar-refractivity contribution in [3.05, 3.63) is 76.8 Å². The monoisotopic (exact) mass is 575 g/mol. The van der Waals surface area contributed by atoms with Gasteiger partial charge >= 0.3 is 0 Å². The molecule has 0 aliphatic carbocycles. The van der Waals surface area contributed by atoms with E-state index in [4.69, 9.17) is 21.3 Å². The van der Waals surface area contributed by atoms with E-state index in [1.54, 1.807) is 0 Å². The predicted octanol–water partition coefficient (Wildman–Crippen LogP) is 11.3. The summed E-state index contributed by atoms with van der Waals surface area (Å²) in [4.78, 5) is 9.43. The Labute approximate surface area is 254 Å². The summed E-state index contributed by atoms with van der Waals surface area (Å²) in [5.41, 5.74) is 6.09. The maximum Gasteiger partial charge on any atom is 0.129 e. The van der Waals surface area contributed by atoms with Gasteiger partial charge in [0.2, 0.25) is 0 Å². The highest BCUT2D eigenvalue weighted by atomic mass is 35.5. The van der Waals surface area contributed by atoms with Gasteiger partial charge in [-0.25, -0.2) is 4.99 Å². The van der Waals surface area contributed by atoms with Crippen molar-refractivity contribution in [3.8, 4) is 16.9 Å². The number of halogens is 1. The zero-order valence-electron chi connectivity index (χ0n) is 26.3. The molecule has 4 nitrogen and oxygen atoms in total. The lowest BCUT2D eigenvalue weighted by atomic mass is 10.0. The molecule has 1 atom stereocenters. The van der Waals surface area contributed by atoms with Crippen LogP contribution in [0.3, 0.4) is 0 Å². The van der Waals surface area contributed by atoms with Gasteiger partial charge < -0.3 is 10.1 Å². The predicted molar refractivity (Wildman–Crippen MR) is 182 cm³/mol. The minimum Gasteiger partial charge on any atom is -0.493 e. The van der Waals surface area contributed by atoms with Gasteiger partial charge in [-0.15, -0.1) is 0 Å². The third-order valence-corrected chi connectivity index (χ3v) is 7.10.